The van der Waals surface area contributed by atoms with E-state index in [0.29, 0.717) is 18.1 Å². The summed E-state index contributed by atoms with van der Waals surface area (Å²) < 4.78 is 16.0. The molecule has 0 aliphatic carbocycles. The van der Waals surface area contributed by atoms with E-state index in [1.54, 1.807) is 18.5 Å². The molecule has 2 N–H and O–H groups in total. The lowest BCUT2D eigenvalue weighted by Gasteiger charge is -2.19. The van der Waals surface area contributed by atoms with Crippen LogP contribution in [0.1, 0.15) is 36.8 Å². The van der Waals surface area contributed by atoms with Gasteiger partial charge in [0.1, 0.15) is 18.0 Å². The summed E-state index contributed by atoms with van der Waals surface area (Å²) >= 11 is 0. The molecular weight excluding hydrogens is 367 g/mol. The number of rotatable bonds is 8. The molecule has 3 aromatic rings. The highest BCUT2D eigenvalue weighted by Gasteiger charge is 2.09. The van der Waals surface area contributed by atoms with Gasteiger partial charge in [-0.15, -0.1) is 10.2 Å². The standard InChI is InChI=1S/C22H27FN6/c1-3-21-28-26-16-29(21)14-13-24-22(25-15-19-11-7-8-12-20(19)23)27-17(2)18-9-5-4-6-10-18/h4-12,16-17H,3,13-15H2,1-2H3,(H2,24,25,27). The molecule has 6 nitrogen and oxygen atoms in total. The fourth-order valence-corrected chi connectivity index (χ4v) is 3.01. The smallest absolute Gasteiger partial charge is 0.192 e. The summed E-state index contributed by atoms with van der Waals surface area (Å²) in [5.74, 6) is 1.33. The summed E-state index contributed by atoms with van der Waals surface area (Å²) in [7, 11) is 0. The molecule has 1 atom stereocenters. The van der Waals surface area contributed by atoms with Gasteiger partial charge in [0.05, 0.1) is 12.6 Å². The highest BCUT2D eigenvalue weighted by Crippen LogP contribution is 2.11. The SMILES string of the molecule is CCc1nncn1CCNC(=NCc1ccccc1F)NC(C)c1ccccc1. The molecule has 1 unspecified atom stereocenters. The Labute approximate surface area is 170 Å². The molecule has 1 heterocycles. The Hall–Kier alpha value is -3.22. The fourth-order valence-electron chi connectivity index (χ4n) is 3.01. The third-order valence-corrected chi connectivity index (χ3v) is 4.68. The minimum atomic E-state index is -0.246. The first kappa shape index (κ1) is 20.5. The summed E-state index contributed by atoms with van der Waals surface area (Å²) in [6, 6.07) is 16.9. The molecule has 0 saturated carbocycles. The van der Waals surface area contributed by atoms with Crippen molar-refractivity contribution in [1.82, 2.24) is 25.4 Å². The Morgan fingerprint density at radius 1 is 1.14 bits per heavy atom. The van der Waals surface area contributed by atoms with Crippen LogP contribution in [0.3, 0.4) is 0 Å². The van der Waals surface area contributed by atoms with Gasteiger partial charge in [-0.05, 0) is 18.6 Å². The van der Waals surface area contributed by atoms with Crippen LogP contribution < -0.4 is 10.6 Å². The summed E-state index contributed by atoms with van der Waals surface area (Å²) in [5.41, 5.74) is 1.72. The van der Waals surface area contributed by atoms with E-state index >= 15 is 0 Å². The average molecular weight is 394 g/mol. The van der Waals surface area contributed by atoms with E-state index in [-0.39, 0.29) is 18.4 Å². The Balaban J connectivity index is 1.68. The minimum absolute atomic E-state index is 0.0594. The van der Waals surface area contributed by atoms with Gasteiger partial charge in [0.2, 0.25) is 0 Å². The topological polar surface area (TPSA) is 67.1 Å². The van der Waals surface area contributed by atoms with Gasteiger partial charge in [0, 0.05) is 25.1 Å². The van der Waals surface area contributed by atoms with E-state index in [9.17, 15) is 4.39 Å². The molecule has 7 heteroatoms. The van der Waals surface area contributed by atoms with E-state index in [0.717, 1.165) is 24.4 Å². The first-order chi connectivity index (χ1) is 14.2. The van der Waals surface area contributed by atoms with Crippen molar-refractivity contribution in [2.24, 2.45) is 4.99 Å². The second-order valence-corrected chi connectivity index (χ2v) is 6.75. The Bertz CT molecular complexity index is 922. The van der Waals surface area contributed by atoms with E-state index in [4.69, 9.17) is 0 Å². The number of halogens is 1. The number of hydrogen-bond donors (Lipinski definition) is 2. The van der Waals surface area contributed by atoms with Gasteiger partial charge < -0.3 is 15.2 Å². The number of benzene rings is 2. The number of hydrogen-bond acceptors (Lipinski definition) is 3. The average Bonchev–Trinajstić information content (AvgIpc) is 3.21. The van der Waals surface area contributed by atoms with Crippen molar-refractivity contribution in [2.75, 3.05) is 6.54 Å². The van der Waals surface area contributed by atoms with E-state index in [2.05, 4.69) is 51.8 Å². The highest BCUT2D eigenvalue weighted by atomic mass is 19.1. The first-order valence-electron chi connectivity index (χ1n) is 9.87. The van der Waals surface area contributed by atoms with Crippen molar-refractivity contribution < 1.29 is 4.39 Å². The molecule has 0 radical (unpaired) electrons. The van der Waals surface area contributed by atoms with E-state index in [1.165, 1.54) is 6.07 Å². The van der Waals surface area contributed by atoms with Crippen LogP contribution in [-0.2, 0) is 19.5 Å². The van der Waals surface area contributed by atoms with E-state index < -0.39 is 0 Å². The van der Waals surface area contributed by atoms with Crippen LogP contribution in [0.4, 0.5) is 4.39 Å². The molecule has 1 aromatic heterocycles. The van der Waals surface area contributed by atoms with Crippen LogP contribution in [0.5, 0.6) is 0 Å². The Morgan fingerprint density at radius 2 is 1.90 bits per heavy atom. The molecule has 2 aromatic carbocycles. The van der Waals surface area contributed by atoms with Crippen molar-refractivity contribution in [1.29, 1.82) is 0 Å². The second-order valence-electron chi connectivity index (χ2n) is 6.75. The maximum atomic E-state index is 14.0. The zero-order valence-electron chi connectivity index (χ0n) is 16.8. The molecule has 0 amide bonds. The fraction of sp³-hybridized carbons (Fsp3) is 0.318. The van der Waals surface area contributed by atoms with Gasteiger partial charge in [-0.3, -0.25) is 0 Å². The van der Waals surface area contributed by atoms with Gasteiger partial charge in [-0.25, -0.2) is 9.38 Å². The predicted molar refractivity (Wildman–Crippen MR) is 113 cm³/mol. The lowest BCUT2D eigenvalue weighted by Crippen LogP contribution is -2.40. The van der Waals surface area contributed by atoms with Crippen LogP contribution in [-0.4, -0.2) is 27.3 Å². The van der Waals surface area contributed by atoms with Crippen LogP contribution in [0.2, 0.25) is 0 Å². The quantitative estimate of drug-likeness (QED) is 0.453. The van der Waals surface area contributed by atoms with Crippen LogP contribution in [0.25, 0.3) is 0 Å². The number of aryl methyl sites for hydroxylation is 1. The van der Waals surface area contributed by atoms with Crippen molar-refractivity contribution in [3.63, 3.8) is 0 Å². The van der Waals surface area contributed by atoms with Crippen LogP contribution in [0.15, 0.2) is 65.9 Å². The van der Waals surface area contributed by atoms with Crippen LogP contribution >= 0.6 is 0 Å². The zero-order chi connectivity index (χ0) is 20.5. The number of nitrogens with one attached hydrogen (secondary N) is 2. The largest absolute Gasteiger partial charge is 0.355 e. The summed E-state index contributed by atoms with van der Waals surface area (Å²) in [5, 5.41) is 14.8. The number of aromatic nitrogens is 3. The molecule has 0 fully saturated rings. The summed E-state index contributed by atoms with van der Waals surface area (Å²) in [6.45, 7) is 5.76. The lowest BCUT2D eigenvalue weighted by molar-refractivity contribution is 0.605. The first-order valence-corrected chi connectivity index (χ1v) is 9.87. The molecule has 0 saturated heterocycles. The third kappa shape index (κ3) is 5.88. The molecule has 0 bridgehead atoms. The van der Waals surface area contributed by atoms with Gasteiger partial charge in [-0.2, -0.15) is 0 Å². The van der Waals surface area contributed by atoms with Crippen molar-refractivity contribution >= 4 is 5.96 Å². The number of guanidine groups is 1. The number of aliphatic imine (C=N–C) groups is 1. The minimum Gasteiger partial charge on any atom is -0.355 e. The molecular formula is C22H27FN6. The third-order valence-electron chi connectivity index (χ3n) is 4.68. The Kier molecular flexibility index (Phi) is 7.33. The molecule has 0 spiro atoms. The van der Waals surface area contributed by atoms with Gasteiger partial charge >= 0.3 is 0 Å². The monoisotopic (exact) mass is 394 g/mol. The molecule has 0 aliphatic rings. The van der Waals surface area contributed by atoms with Crippen molar-refractivity contribution in [3.8, 4) is 0 Å². The van der Waals surface area contributed by atoms with Gasteiger partial charge in [-0.1, -0.05) is 55.5 Å². The molecule has 0 aliphatic heterocycles. The van der Waals surface area contributed by atoms with Crippen molar-refractivity contribution in [2.45, 2.75) is 39.4 Å². The lowest BCUT2D eigenvalue weighted by atomic mass is 10.1. The maximum absolute atomic E-state index is 14.0. The molecule has 152 valence electrons. The number of nitrogens with zero attached hydrogens (tertiary/aromatic N) is 4. The summed E-state index contributed by atoms with van der Waals surface area (Å²) in [6.07, 6.45) is 2.56. The van der Waals surface area contributed by atoms with Crippen molar-refractivity contribution in [3.05, 3.63) is 83.7 Å². The maximum Gasteiger partial charge on any atom is 0.192 e. The van der Waals surface area contributed by atoms with Gasteiger partial charge in [0.25, 0.3) is 0 Å². The highest BCUT2D eigenvalue weighted by molar-refractivity contribution is 5.80. The van der Waals surface area contributed by atoms with Crippen LogP contribution in [0, 0.1) is 5.82 Å². The molecule has 29 heavy (non-hydrogen) atoms. The molecule has 3 rings (SSSR count). The second kappa shape index (κ2) is 10.4. The van der Waals surface area contributed by atoms with Gasteiger partial charge in [0.15, 0.2) is 5.96 Å². The van der Waals surface area contributed by atoms with E-state index in [1.807, 2.05) is 28.8 Å². The summed E-state index contributed by atoms with van der Waals surface area (Å²) in [4.78, 5) is 4.60. The zero-order valence-corrected chi connectivity index (χ0v) is 16.8. The predicted octanol–water partition coefficient (Wildman–Crippen LogP) is 3.48. The Morgan fingerprint density at radius 3 is 2.66 bits per heavy atom. The normalized spacial score (nSPS) is 12.6.